The van der Waals surface area contributed by atoms with Crippen LogP contribution in [0.15, 0.2) is 18.2 Å². The molecule has 1 aromatic rings. The lowest BCUT2D eigenvalue weighted by Gasteiger charge is -2.21. The Labute approximate surface area is 118 Å². The number of halogens is 1. The van der Waals surface area contributed by atoms with Crippen molar-refractivity contribution in [2.45, 2.75) is 19.2 Å². The van der Waals surface area contributed by atoms with Gasteiger partial charge >= 0.3 is 0 Å². The van der Waals surface area contributed by atoms with Crippen LogP contribution in [0.5, 0.6) is 11.5 Å². The summed E-state index contributed by atoms with van der Waals surface area (Å²) >= 11 is 6.12. The van der Waals surface area contributed by atoms with Crippen molar-refractivity contribution in [2.24, 2.45) is 5.92 Å². The minimum Gasteiger partial charge on any atom is -0.486 e. The maximum Gasteiger partial charge on any atom is 0.255 e. The van der Waals surface area contributed by atoms with Crippen molar-refractivity contribution in [1.29, 1.82) is 0 Å². The SMILES string of the molecule is CC(C)C(Cl)CNC(=O)c1cccc2c1OCCO2. The van der Waals surface area contributed by atoms with Crippen molar-refractivity contribution in [2.75, 3.05) is 19.8 Å². The van der Waals surface area contributed by atoms with Crippen molar-refractivity contribution < 1.29 is 14.3 Å². The number of fused-ring (bicyclic) bond motifs is 1. The average molecular weight is 284 g/mol. The molecule has 1 unspecified atom stereocenters. The normalized spacial score (nSPS) is 15.2. The minimum atomic E-state index is -0.186. The number of para-hydroxylation sites is 1. The van der Waals surface area contributed by atoms with Gasteiger partial charge in [-0.1, -0.05) is 19.9 Å². The average Bonchev–Trinajstić information content (AvgIpc) is 2.43. The van der Waals surface area contributed by atoms with Crippen molar-refractivity contribution in [1.82, 2.24) is 5.32 Å². The summed E-state index contributed by atoms with van der Waals surface area (Å²) in [4.78, 5) is 12.1. The third-order valence-corrected chi connectivity index (χ3v) is 3.65. The predicted molar refractivity (Wildman–Crippen MR) is 74.2 cm³/mol. The summed E-state index contributed by atoms with van der Waals surface area (Å²) in [5, 5.41) is 2.74. The maximum absolute atomic E-state index is 12.1. The Morgan fingerprint density at radius 2 is 2.11 bits per heavy atom. The molecule has 1 aliphatic heterocycles. The van der Waals surface area contributed by atoms with Gasteiger partial charge in [-0.05, 0) is 18.1 Å². The number of alkyl halides is 1. The Kier molecular flexibility index (Phi) is 4.53. The van der Waals surface area contributed by atoms with E-state index >= 15 is 0 Å². The minimum absolute atomic E-state index is 0.0827. The van der Waals surface area contributed by atoms with E-state index in [-0.39, 0.29) is 11.3 Å². The highest BCUT2D eigenvalue weighted by Gasteiger charge is 2.21. The van der Waals surface area contributed by atoms with Gasteiger partial charge in [-0.15, -0.1) is 11.6 Å². The van der Waals surface area contributed by atoms with E-state index in [1.807, 2.05) is 13.8 Å². The zero-order valence-corrected chi connectivity index (χ0v) is 11.9. The molecular formula is C14H18ClNO3. The Morgan fingerprint density at radius 1 is 1.37 bits per heavy atom. The molecule has 0 saturated carbocycles. The van der Waals surface area contributed by atoms with Gasteiger partial charge in [0.05, 0.1) is 10.9 Å². The summed E-state index contributed by atoms with van der Waals surface area (Å²) in [5.41, 5.74) is 0.491. The van der Waals surface area contributed by atoms with E-state index in [1.165, 1.54) is 0 Å². The summed E-state index contributed by atoms with van der Waals surface area (Å²) in [6.45, 7) is 5.44. The van der Waals surface area contributed by atoms with Crippen LogP contribution < -0.4 is 14.8 Å². The Hall–Kier alpha value is -1.42. The van der Waals surface area contributed by atoms with E-state index in [9.17, 15) is 4.79 Å². The Balaban J connectivity index is 2.07. The summed E-state index contributed by atoms with van der Waals surface area (Å²) in [6, 6.07) is 5.30. The van der Waals surface area contributed by atoms with Crippen molar-refractivity contribution in [3.8, 4) is 11.5 Å². The fraction of sp³-hybridized carbons (Fsp3) is 0.500. The van der Waals surface area contributed by atoms with Gasteiger partial charge in [-0.25, -0.2) is 0 Å². The quantitative estimate of drug-likeness (QED) is 0.864. The van der Waals surface area contributed by atoms with E-state index in [0.29, 0.717) is 42.7 Å². The first-order valence-corrected chi connectivity index (χ1v) is 6.84. The highest BCUT2D eigenvalue weighted by Crippen LogP contribution is 2.33. The molecule has 2 rings (SSSR count). The van der Waals surface area contributed by atoms with Crippen molar-refractivity contribution in [3.63, 3.8) is 0 Å². The van der Waals surface area contributed by atoms with Gasteiger partial charge in [0.1, 0.15) is 13.2 Å². The second-order valence-corrected chi connectivity index (χ2v) is 5.36. The first-order valence-electron chi connectivity index (χ1n) is 6.40. The number of ether oxygens (including phenoxy) is 2. The Bertz CT molecular complexity index is 462. The van der Waals surface area contributed by atoms with Gasteiger partial charge in [-0.3, -0.25) is 4.79 Å². The van der Waals surface area contributed by atoms with Crippen LogP contribution >= 0.6 is 11.6 Å². The van der Waals surface area contributed by atoms with E-state index in [4.69, 9.17) is 21.1 Å². The van der Waals surface area contributed by atoms with E-state index in [1.54, 1.807) is 18.2 Å². The van der Waals surface area contributed by atoms with Crippen LogP contribution in [0.25, 0.3) is 0 Å². The van der Waals surface area contributed by atoms with Gasteiger partial charge in [0.25, 0.3) is 5.91 Å². The number of carbonyl (C=O) groups is 1. The molecule has 1 N–H and O–H groups in total. The standard InChI is InChI=1S/C14H18ClNO3/c1-9(2)11(15)8-16-14(17)10-4-3-5-12-13(10)19-7-6-18-12/h3-5,9,11H,6-8H2,1-2H3,(H,16,17). The van der Waals surface area contributed by atoms with Crippen molar-refractivity contribution >= 4 is 17.5 Å². The number of carbonyl (C=O) groups excluding carboxylic acids is 1. The third-order valence-electron chi connectivity index (χ3n) is 2.99. The summed E-state index contributed by atoms with van der Waals surface area (Å²) in [7, 11) is 0. The largest absolute Gasteiger partial charge is 0.486 e. The zero-order valence-electron chi connectivity index (χ0n) is 11.1. The molecule has 0 aromatic heterocycles. The molecule has 1 heterocycles. The summed E-state index contributed by atoms with van der Waals surface area (Å²) in [5.74, 6) is 1.26. The third kappa shape index (κ3) is 3.32. The zero-order chi connectivity index (χ0) is 13.8. The number of benzene rings is 1. The van der Waals surface area contributed by atoms with Gasteiger partial charge in [0.15, 0.2) is 11.5 Å². The summed E-state index contributed by atoms with van der Waals surface area (Å²) < 4.78 is 11.0. The molecule has 1 atom stereocenters. The lowest BCUT2D eigenvalue weighted by atomic mass is 10.1. The molecule has 1 amide bonds. The van der Waals surface area contributed by atoms with Gasteiger partial charge in [0, 0.05) is 6.54 Å². The fourth-order valence-corrected chi connectivity index (χ4v) is 1.85. The van der Waals surface area contributed by atoms with Crippen LogP contribution in [0.1, 0.15) is 24.2 Å². The topological polar surface area (TPSA) is 47.6 Å². The van der Waals surface area contributed by atoms with E-state index in [0.717, 1.165) is 0 Å². The monoisotopic (exact) mass is 283 g/mol. The molecule has 0 spiro atoms. The van der Waals surface area contributed by atoms with Gasteiger partial charge in [-0.2, -0.15) is 0 Å². The lowest BCUT2D eigenvalue weighted by molar-refractivity contribution is 0.0941. The molecule has 5 heteroatoms. The maximum atomic E-state index is 12.1. The number of nitrogens with one attached hydrogen (secondary N) is 1. The molecule has 0 saturated heterocycles. The number of amides is 1. The number of rotatable bonds is 4. The molecule has 19 heavy (non-hydrogen) atoms. The van der Waals surface area contributed by atoms with Crippen molar-refractivity contribution in [3.05, 3.63) is 23.8 Å². The van der Waals surface area contributed by atoms with E-state index < -0.39 is 0 Å². The Morgan fingerprint density at radius 3 is 2.84 bits per heavy atom. The highest BCUT2D eigenvalue weighted by atomic mass is 35.5. The summed E-state index contributed by atoms with van der Waals surface area (Å²) in [6.07, 6.45) is 0. The van der Waals surface area contributed by atoms with Gasteiger partial charge < -0.3 is 14.8 Å². The van der Waals surface area contributed by atoms with Crippen LogP contribution in [-0.4, -0.2) is 31.0 Å². The van der Waals surface area contributed by atoms with Crippen LogP contribution in [0.2, 0.25) is 0 Å². The van der Waals surface area contributed by atoms with E-state index in [2.05, 4.69) is 5.32 Å². The molecule has 0 fully saturated rings. The molecular weight excluding hydrogens is 266 g/mol. The molecule has 0 radical (unpaired) electrons. The second-order valence-electron chi connectivity index (χ2n) is 4.80. The fourth-order valence-electron chi connectivity index (χ4n) is 1.77. The molecule has 0 bridgehead atoms. The van der Waals surface area contributed by atoms with Gasteiger partial charge in [0.2, 0.25) is 0 Å². The molecule has 4 nitrogen and oxygen atoms in total. The molecule has 1 aromatic carbocycles. The predicted octanol–water partition coefficient (Wildman–Crippen LogP) is 2.45. The first-order chi connectivity index (χ1) is 9.09. The van der Waals surface area contributed by atoms with Crippen LogP contribution in [0.4, 0.5) is 0 Å². The smallest absolute Gasteiger partial charge is 0.255 e. The number of hydrogen-bond donors (Lipinski definition) is 1. The molecule has 1 aliphatic rings. The molecule has 104 valence electrons. The van der Waals surface area contributed by atoms with Crippen LogP contribution in [0.3, 0.4) is 0 Å². The van der Waals surface area contributed by atoms with Crippen LogP contribution in [-0.2, 0) is 0 Å². The lowest BCUT2D eigenvalue weighted by Crippen LogP contribution is -2.32. The number of hydrogen-bond acceptors (Lipinski definition) is 3. The molecule has 0 aliphatic carbocycles. The van der Waals surface area contributed by atoms with Crippen LogP contribution in [0, 0.1) is 5.92 Å². The first kappa shape index (κ1) is 14.0. The second kappa shape index (κ2) is 6.15. The highest BCUT2D eigenvalue weighted by molar-refractivity contribution is 6.21.